The lowest BCUT2D eigenvalue weighted by molar-refractivity contribution is 0.424. The van der Waals surface area contributed by atoms with Crippen molar-refractivity contribution in [2.24, 2.45) is 0 Å². The summed E-state index contributed by atoms with van der Waals surface area (Å²) < 4.78 is 2.86. The first kappa shape index (κ1) is 12.5. The molecule has 1 atom stereocenters. The van der Waals surface area contributed by atoms with Crippen LogP contribution in [0.15, 0.2) is 12.5 Å². The van der Waals surface area contributed by atoms with E-state index in [0.29, 0.717) is 10.7 Å². The second kappa shape index (κ2) is 5.25. The van der Waals surface area contributed by atoms with E-state index >= 15 is 0 Å². The SMILES string of the molecule is CC1(Cn2cncc2C2CCNCC2)CCCS1. The maximum atomic E-state index is 4.40. The number of hydrogen-bond donors (Lipinski definition) is 1. The molecule has 3 rings (SSSR count). The topological polar surface area (TPSA) is 29.9 Å². The molecule has 0 bridgehead atoms. The Kier molecular flexibility index (Phi) is 3.66. The molecule has 0 amide bonds. The number of imidazole rings is 1. The summed E-state index contributed by atoms with van der Waals surface area (Å²) >= 11 is 2.14. The van der Waals surface area contributed by atoms with Crippen molar-refractivity contribution in [3.63, 3.8) is 0 Å². The van der Waals surface area contributed by atoms with Crippen LogP contribution in [0.25, 0.3) is 0 Å². The van der Waals surface area contributed by atoms with Crippen LogP contribution in [-0.2, 0) is 6.54 Å². The smallest absolute Gasteiger partial charge is 0.0948 e. The standard InChI is InChI=1S/C14H23N3S/c1-14(5-2-8-18-14)10-17-11-16-9-13(17)12-3-6-15-7-4-12/h9,11-12,15H,2-8,10H2,1H3. The van der Waals surface area contributed by atoms with Gasteiger partial charge in [0.15, 0.2) is 0 Å². The van der Waals surface area contributed by atoms with E-state index in [1.165, 1.54) is 37.1 Å². The van der Waals surface area contributed by atoms with Gasteiger partial charge in [0.25, 0.3) is 0 Å². The zero-order valence-electron chi connectivity index (χ0n) is 11.2. The van der Waals surface area contributed by atoms with Crippen molar-refractivity contribution in [2.45, 2.75) is 49.8 Å². The first-order chi connectivity index (χ1) is 8.77. The van der Waals surface area contributed by atoms with Crippen molar-refractivity contribution in [1.29, 1.82) is 0 Å². The van der Waals surface area contributed by atoms with Crippen molar-refractivity contribution >= 4 is 11.8 Å². The quantitative estimate of drug-likeness (QED) is 0.911. The minimum absolute atomic E-state index is 0.433. The minimum Gasteiger partial charge on any atom is -0.333 e. The second-order valence-corrected chi connectivity index (χ2v) is 7.56. The lowest BCUT2D eigenvalue weighted by Crippen LogP contribution is -2.29. The molecule has 100 valence electrons. The average Bonchev–Trinajstić information content (AvgIpc) is 3.00. The first-order valence-corrected chi connectivity index (χ1v) is 8.10. The molecule has 2 saturated heterocycles. The summed E-state index contributed by atoms with van der Waals surface area (Å²) in [5.74, 6) is 2.04. The van der Waals surface area contributed by atoms with Crippen LogP contribution in [0, 0.1) is 0 Å². The van der Waals surface area contributed by atoms with Gasteiger partial charge in [0.2, 0.25) is 0 Å². The molecule has 2 aliphatic heterocycles. The number of rotatable bonds is 3. The lowest BCUT2D eigenvalue weighted by atomic mass is 9.94. The van der Waals surface area contributed by atoms with E-state index in [1.54, 1.807) is 0 Å². The molecular formula is C14H23N3S. The molecule has 1 aromatic rings. The van der Waals surface area contributed by atoms with Crippen molar-refractivity contribution in [3.8, 4) is 0 Å². The van der Waals surface area contributed by atoms with Gasteiger partial charge >= 0.3 is 0 Å². The van der Waals surface area contributed by atoms with Gasteiger partial charge in [-0.15, -0.1) is 0 Å². The number of thioether (sulfide) groups is 1. The number of nitrogens with zero attached hydrogens (tertiary/aromatic N) is 2. The molecule has 2 aliphatic rings. The van der Waals surface area contributed by atoms with E-state index in [-0.39, 0.29) is 0 Å². The molecule has 0 aliphatic carbocycles. The van der Waals surface area contributed by atoms with E-state index in [2.05, 4.69) is 39.8 Å². The van der Waals surface area contributed by atoms with Crippen LogP contribution in [0.1, 0.15) is 44.2 Å². The van der Waals surface area contributed by atoms with Gasteiger partial charge in [-0.2, -0.15) is 11.8 Å². The van der Waals surface area contributed by atoms with Gasteiger partial charge in [-0.05, 0) is 51.4 Å². The van der Waals surface area contributed by atoms with Gasteiger partial charge in [-0.3, -0.25) is 0 Å². The molecule has 0 radical (unpaired) electrons. The van der Waals surface area contributed by atoms with Gasteiger partial charge in [-0.25, -0.2) is 4.98 Å². The summed E-state index contributed by atoms with van der Waals surface area (Å²) in [6.45, 7) is 5.86. The Labute approximate surface area is 114 Å². The second-order valence-electron chi connectivity index (χ2n) is 5.87. The highest BCUT2D eigenvalue weighted by Crippen LogP contribution is 2.39. The van der Waals surface area contributed by atoms with Crippen LogP contribution in [0.4, 0.5) is 0 Å². The number of aromatic nitrogens is 2. The van der Waals surface area contributed by atoms with Crippen LogP contribution in [0.3, 0.4) is 0 Å². The van der Waals surface area contributed by atoms with E-state index < -0.39 is 0 Å². The Morgan fingerprint density at radius 1 is 1.50 bits per heavy atom. The van der Waals surface area contributed by atoms with Crippen molar-refractivity contribution in [2.75, 3.05) is 18.8 Å². The molecule has 3 nitrogen and oxygen atoms in total. The Balaban J connectivity index is 1.74. The highest BCUT2D eigenvalue weighted by molar-refractivity contribution is 8.00. The summed E-state index contributed by atoms with van der Waals surface area (Å²) in [6.07, 6.45) is 9.38. The highest BCUT2D eigenvalue weighted by Gasteiger charge is 2.31. The van der Waals surface area contributed by atoms with Gasteiger partial charge in [0.1, 0.15) is 0 Å². The fourth-order valence-corrected chi connectivity index (χ4v) is 4.54. The van der Waals surface area contributed by atoms with Crippen molar-refractivity contribution in [3.05, 3.63) is 18.2 Å². The van der Waals surface area contributed by atoms with Crippen LogP contribution < -0.4 is 5.32 Å². The maximum Gasteiger partial charge on any atom is 0.0948 e. The third-order valence-electron chi connectivity index (χ3n) is 4.31. The lowest BCUT2D eigenvalue weighted by Gasteiger charge is -2.28. The molecule has 1 N–H and O–H groups in total. The predicted octanol–water partition coefficient (Wildman–Crippen LogP) is 2.64. The van der Waals surface area contributed by atoms with Gasteiger partial charge in [-0.1, -0.05) is 0 Å². The van der Waals surface area contributed by atoms with Gasteiger partial charge in [0.05, 0.1) is 6.33 Å². The molecule has 3 heterocycles. The van der Waals surface area contributed by atoms with Gasteiger partial charge in [0, 0.05) is 29.1 Å². The summed E-state index contributed by atoms with van der Waals surface area (Å²) in [5, 5.41) is 3.44. The Hall–Kier alpha value is -0.480. The largest absolute Gasteiger partial charge is 0.333 e. The van der Waals surface area contributed by atoms with Crippen LogP contribution >= 0.6 is 11.8 Å². The monoisotopic (exact) mass is 265 g/mol. The molecule has 4 heteroatoms. The predicted molar refractivity (Wildman–Crippen MR) is 77.2 cm³/mol. The third-order valence-corrected chi connectivity index (χ3v) is 5.83. The third kappa shape index (κ3) is 2.59. The van der Waals surface area contributed by atoms with Crippen molar-refractivity contribution < 1.29 is 0 Å². The Bertz CT molecular complexity index is 389. The Morgan fingerprint density at radius 2 is 2.33 bits per heavy atom. The summed E-state index contributed by atoms with van der Waals surface area (Å²) in [5.41, 5.74) is 1.46. The Morgan fingerprint density at radius 3 is 3.06 bits per heavy atom. The number of nitrogens with one attached hydrogen (secondary N) is 1. The van der Waals surface area contributed by atoms with Crippen LogP contribution in [-0.4, -0.2) is 33.1 Å². The zero-order valence-corrected chi connectivity index (χ0v) is 12.0. The minimum atomic E-state index is 0.433. The van der Waals surface area contributed by atoms with Crippen molar-refractivity contribution in [1.82, 2.24) is 14.9 Å². The maximum absolute atomic E-state index is 4.40. The van der Waals surface area contributed by atoms with Crippen LogP contribution in [0.5, 0.6) is 0 Å². The first-order valence-electron chi connectivity index (χ1n) is 7.12. The van der Waals surface area contributed by atoms with E-state index in [9.17, 15) is 0 Å². The molecule has 1 unspecified atom stereocenters. The fraction of sp³-hybridized carbons (Fsp3) is 0.786. The molecular weight excluding hydrogens is 242 g/mol. The molecule has 0 saturated carbocycles. The normalized spacial score (nSPS) is 29.8. The number of piperidine rings is 1. The van der Waals surface area contributed by atoms with Crippen LogP contribution in [0.2, 0.25) is 0 Å². The molecule has 0 spiro atoms. The number of hydrogen-bond acceptors (Lipinski definition) is 3. The summed E-state index contributed by atoms with van der Waals surface area (Å²) in [4.78, 5) is 4.40. The van der Waals surface area contributed by atoms with Gasteiger partial charge < -0.3 is 9.88 Å². The molecule has 2 fully saturated rings. The van der Waals surface area contributed by atoms with E-state index in [0.717, 1.165) is 19.6 Å². The average molecular weight is 265 g/mol. The van der Waals surface area contributed by atoms with E-state index in [1.807, 2.05) is 6.33 Å². The zero-order chi connectivity index (χ0) is 12.4. The molecule has 0 aromatic carbocycles. The molecule has 1 aromatic heterocycles. The summed E-state index contributed by atoms with van der Waals surface area (Å²) in [7, 11) is 0. The van der Waals surface area contributed by atoms with E-state index in [4.69, 9.17) is 0 Å². The fourth-order valence-electron chi connectivity index (χ4n) is 3.24. The molecule has 18 heavy (non-hydrogen) atoms. The summed E-state index contributed by atoms with van der Waals surface area (Å²) in [6, 6.07) is 0. The highest BCUT2D eigenvalue weighted by atomic mass is 32.2.